The molecule has 200 valence electrons. The zero-order valence-corrected chi connectivity index (χ0v) is 22.2. The first kappa shape index (κ1) is 27.3. The van der Waals surface area contributed by atoms with Gasteiger partial charge in [0, 0.05) is 45.2 Å². The highest BCUT2D eigenvalue weighted by Crippen LogP contribution is 2.48. The molecule has 0 radical (unpaired) electrons. The van der Waals surface area contributed by atoms with E-state index in [0.29, 0.717) is 16.9 Å². The van der Waals surface area contributed by atoms with Gasteiger partial charge in [0.05, 0.1) is 4.92 Å². The topological polar surface area (TPSA) is 141 Å². The number of hydrogen-bond donors (Lipinski definition) is 1. The van der Waals surface area contributed by atoms with Gasteiger partial charge in [0.1, 0.15) is 23.7 Å². The van der Waals surface area contributed by atoms with E-state index in [1.807, 2.05) is 12.3 Å². The predicted octanol–water partition coefficient (Wildman–Crippen LogP) is 3.17. The van der Waals surface area contributed by atoms with Crippen molar-refractivity contribution in [2.24, 2.45) is 0 Å². The number of nitro groups is 1. The third kappa shape index (κ3) is 6.07. The third-order valence-electron chi connectivity index (χ3n) is 6.36. The number of piperidine rings is 1. The lowest BCUT2D eigenvalue weighted by Crippen LogP contribution is -2.69. The molecule has 2 atom stereocenters. The summed E-state index contributed by atoms with van der Waals surface area (Å²) in [5, 5.41) is 13.0. The fourth-order valence-corrected chi connectivity index (χ4v) is 6.66. The summed E-state index contributed by atoms with van der Waals surface area (Å²) in [6, 6.07) is 4.83. The van der Waals surface area contributed by atoms with Crippen LogP contribution in [0, 0.1) is 10.1 Å². The second-order valence-corrected chi connectivity index (χ2v) is 11.8. The van der Waals surface area contributed by atoms with Gasteiger partial charge in [-0.2, -0.15) is 0 Å². The van der Waals surface area contributed by atoms with Crippen molar-refractivity contribution in [1.29, 1.82) is 0 Å². The van der Waals surface area contributed by atoms with Gasteiger partial charge in [-0.25, -0.2) is 14.4 Å². The molecular weight excluding hydrogens is 523 g/mol. The first-order chi connectivity index (χ1) is 17.8. The van der Waals surface area contributed by atoms with E-state index >= 15 is 0 Å². The van der Waals surface area contributed by atoms with Crippen LogP contribution >= 0.6 is 19.5 Å². The van der Waals surface area contributed by atoms with E-state index in [4.69, 9.17) is 13.8 Å². The molecule has 1 N–H and O–H groups in total. The lowest BCUT2D eigenvalue weighted by molar-refractivity contribution is -0.384. The number of nitro benzene ring substituents is 1. The average molecular weight is 553 g/mol. The number of nitrogens with one attached hydrogen (secondary N) is 1. The number of fused-ring (bicyclic) bond motifs is 1. The van der Waals surface area contributed by atoms with Crippen LogP contribution in [0.2, 0.25) is 0 Å². The number of nitrogens with zero attached hydrogens (tertiary/aromatic N) is 3. The molecule has 12 nitrogen and oxygen atoms in total. The number of likely N-dealkylation sites (tertiary alicyclic amines) is 1. The lowest BCUT2D eigenvalue weighted by Gasteiger charge is -2.49. The molecule has 0 aromatic heterocycles. The number of carbonyl (C=O) groups excluding carboxylic acids is 2. The van der Waals surface area contributed by atoms with Crippen molar-refractivity contribution in [1.82, 2.24) is 14.9 Å². The molecule has 1 aromatic rings. The van der Waals surface area contributed by atoms with Crippen LogP contribution in [-0.4, -0.2) is 71.1 Å². The van der Waals surface area contributed by atoms with E-state index in [0.717, 1.165) is 25.9 Å². The van der Waals surface area contributed by atoms with E-state index in [1.165, 1.54) is 61.6 Å². The number of β-lactam (4-membered cyclic amide) rings is 1. The number of non-ortho nitro benzene ring substituents is 1. The molecule has 3 aliphatic rings. The van der Waals surface area contributed by atoms with Crippen LogP contribution in [0.15, 0.2) is 47.8 Å². The molecule has 1 aromatic carbocycles. The number of ether oxygens (including phenoxy) is 1. The molecular formula is C23H29N4O8PS. The Labute approximate surface area is 218 Å². The molecule has 0 spiro atoms. The Kier molecular flexibility index (Phi) is 8.71. The smallest absolute Gasteiger partial charge is 0.405 e. The van der Waals surface area contributed by atoms with Crippen LogP contribution in [0.1, 0.15) is 24.8 Å². The lowest BCUT2D eigenvalue weighted by atomic mass is 10.0. The normalized spacial score (nSPS) is 22.2. The van der Waals surface area contributed by atoms with E-state index in [-0.39, 0.29) is 18.0 Å². The molecule has 2 saturated heterocycles. The number of benzene rings is 1. The van der Waals surface area contributed by atoms with E-state index < -0.39 is 36.0 Å². The minimum Gasteiger partial charge on any atom is -0.456 e. The van der Waals surface area contributed by atoms with Gasteiger partial charge in [-0.15, -0.1) is 11.8 Å². The van der Waals surface area contributed by atoms with E-state index in [2.05, 4.69) is 9.99 Å². The maximum atomic E-state index is 13.3. The molecule has 37 heavy (non-hydrogen) atoms. The Morgan fingerprint density at radius 1 is 1.22 bits per heavy atom. The zero-order chi connectivity index (χ0) is 26.6. The molecule has 4 rings (SSSR count). The summed E-state index contributed by atoms with van der Waals surface area (Å²) in [6.45, 7) is 1.74. The van der Waals surface area contributed by atoms with Crippen molar-refractivity contribution in [3.05, 3.63) is 63.5 Å². The molecule has 1 amide bonds. The van der Waals surface area contributed by atoms with Crippen molar-refractivity contribution < 1.29 is 32.9 Å². The standard InChI is InChI=1S/C23H29N4O8PS/c1-33-36(32,34-2)24-19-21(28)26-20(23(29)35-14-16-6-8-18(9-7-16)27(30)31)17(15-37-22(19)26)10-13-25-11-4-3-5-12-25/h6-10,13,19,22H,3-5,11-12,14-15H2,1-2H3,(H,24,32)/b13-10+. The fourth-order valence-electron chi connectivity index (χ4n) is 4.29. The maximum absolute atomic E-state index is 13.3. The molecule has 0 bridgehead atoms. The van der Waals surface area contributed by atoms with Crippen molar-refractivity contribution in [3.63, 3.8) is 0 Å². The summed E-state index contributed by atoms with van der Waals surface area (Å²) in [4.78, 5) is 40.3. The summed E-state index contributed by atoms with van der Waals surface area (Å²) >= 11 is 1.43. The highest BCUT2D eigenvalue weighted by atomic mass is 32.2. The Morgan fingerprint density at radius 2 is 1.89 bits per heavy atom. The number of carbonyl (C=O) groups is 2. The number of esters is 1. The van der Waals surface area contributed by atoms with Crippen LogP contribution in [0.4, 0.5) is 5.69 Å². The Morgan fingerprint density at radius 3 is 2.51 bits per heavy atom. The quantitative estimate of drug-likeness (QED) is 0.150. The second kappa shape index (κ2) is 11.8. The molecule has 2 fully saturated rings. The Hall–Kier alpha value is -2.70. The highest BCUT2D eigenvalue weighted by molar-refractivity contribution is 8.00. The maximum Gasteiger partial charge on any atom is 0.405 e. The molecule has 3 heterocycles. The van der Waals surface area contributed by atoms with E-state index in [9.17, 15) is 24.3 Å². The van der Waals surface area contributed by atoms with Crippen LogP contribution in [0.5, 0.6) is 0 Å². The molecule has 0 aliphatic carbocycles. The number of rotatable bonds is 10. The number of hydrogen-bond acceptors (Lipinski definition) is 10. The van der Waals surface area contributed by atoms with Gasteiger partial charge in [0.25, 0.3) is 5.69 Å². The third-order valence-corrected chi connectivity index (χ3v) is 9.22. The van der Waals surface area contributed by atoms with Crippen molar-refractivity contribution >= 4 is 37.1 Å². The molecule has 3 aliphatic heterocycles. The summed E-state index contributed by atoms with van der Waals surface area (Å²) in [7, 11) is -1.23. The molecule has 0 saturated carbocycles. The summed E-state index contributed by atoms with van der Waals surface area (Å²) in [6.07, 6.45) is 7.18. The van der Waals surface area contributed by atoms with Gasteiger partial charge >= 0.3 is 13.7 Å². The van der Waals surface area contributed by atoms with Crippen molar-refractivity contribution in [2.75, 3.05) is 33.1 Å². The van der Waals surface area contributed by atoms with Gasteiger partial charge < -0.3 is 18.7 Å². The summed E-state index contributed by atoms with van der Waals surface area (Å²) in [5.41, 5.74) is 1.28. The predicted molar refractivity (Wildman–Crippen MR) is 136 cm³/mol. The Balaban J connectivity index is 1.55. The molecule has 2 unspecified atom stereocenters. The van der Waals surface area contributed by atoms with Crippen LogP contribution in [-0.2, 0) is 34.5 Å². The number of amides is 1. The second-order valence-electron chi connectivity index (χ2n) is 8.67. The zero-order valence-electron chi connectivity index (χ0n) is 20.5. The largest absolute Gasteiger partial charge is 0.456 e. The highest BCUT2D eigenvalue weighted by Gasteiger charge is 2.55. The molecule has 14 heteroatoms. The van der Waals surface area contributed by atoms with Gasteiger partial charge in [-0.3, -0.25) is 19.8 Å². The van der Waals surface area contributed by atoms with Crippen LogP contribution in [0.25, 0.3) is 0 Å². The number of allylic oxidation sites excluding steroid dienone is 1. The number of thioether (sulfide) groups is 1. The first-order valence-electron chi connectivity index (χ1n) is 11.8. The summed E-state index contributed by atoms with van der Waals surface area (Å²) < 4.78 is 27.9. The SMILES string of the molecule is COP(=O)(NC1C(=O)N2C(C(=O)OCc3ccc([N+](=O)[O-])cc3)=C(/C=C/N3CCCCC3)CSC12)OC. The van der Waals surface area contributed by atoms with Gasteiger partial charge in [-0.05, 0) is 54.8 Å². The van der Waals surface area contributed by atoms with E-state index in [1.54, 1.807) is 0 Å². The average Bonchev–Trinajstić information content (AvgIpc) is 2.93. The van der Waals surface area contributed by atoms with Crippen molar-refractivity contribution in [3.8, 4) is 0 Å². The van der Waals surface area contributed by atoms with Gasteiger partial charge in [0.15, 0.2) is 0 Å². The van der Waals surface area contributed by atoms with Gasteiger partial charge in [0.2, 0.25) is 5.91 Å². The van der Waals surface area contributed by atoms with Gasteiger partial charge in [-0.1, -0.05) is 0 Å². The first-order valence-corrected chi connectivity index (χ1v) is 14.4. The van der Waals surface area contributed by atoms with Crippen LogP contribution < -0.4 is 5.09 Å². The monoisotopic (exact) mass is 552 g/mol. The van der Waals surface area contributed by atoms with Crippen molar-refractivity contribution in [2.45, 2.75) is 37.3 Å². The minimum absolute atomic E-state index is 0.0656. The summed E-state index contributed by atoms with van der Waals surface area (Å²) in [5.74, 6) is -0.698. The minimum atomic E-state index is -3.67. The van der Waals surface area contributed by atoms with Crippen LogP contribution in [0.3, 0.4) is 0 Å². The fraction of sp³-hybridized carbons (Fsp3) is 0.478. The Bertz CT molecular complexity index is 1140.